The second kappa shape index (κ2) is 11.7. The van der Waals surface area contributed by atoms with Crippen LogP contribution in [0.3, 0.4) is 0 Å². The van der Waals surface area contributed by atoms with Crippen LogP contribution in [-0.2, 0) is 41.8 Å². The quantitative estimate of drug-likeness (QED) is 0.333. The number of urea groups is 1. The van der Waals surface area contributed by atoms with E-state index in [9.17, 15) is 14.4 Å². The summed E-state index contributed by atoms with van der Waals surface area (Å²) in [5.74, 6) is -0.381. The number of fused-ring (bicyclic) bond motifs is 2. The first-order valence-electron chi connectivity index (χ1n) is 13.8. The largest absolute Gasteiger partial charge is 0.462 e. The van der Waals surface area contributed by atoms with Crippen LogP contribution in [0.1, 0.15) is 77.3 Å². The Hall–Kier alpha value is -3.31. The summed E-state index contributed by atoms with van der Waals surface area (Å²) >= 11 is 3.10. The first kappa shape index (κ1) is 28.2. The highest BCUT2D eigenvalue weighted by Gasteiger charge is 2.31. The fraction of sp³-hybridized carbons (Fsp3) is 0.483. The van der Waals surface area contributed by atoms with Crippen LogP contribution in [0.25, 0.3) is 5.00 Å². The number of carbonyl (C=O) groups excluding carboxylic acids is 3. The SMILES string of the molecule is CCOC(=O)c1c(NC(=O)NCc2c(-n3cccc3)sc3c2CCN(C(=O)OC(C)(C)C)C3)sc2c1CCCC2. The first-order chi connectivity index (χ1) is 19.1. The Bertz CT molecular complexity index is 1400. The summed E-state index contributed by atoms with van der Waals surface area (Å²) in [6, 6.07) is 3.56. The molecule has 5 rings (SSSR count). The van der Waals surface area contributed by atoms with Crippen LogP contribution in [0.5, 0.6) is 0 Å². The van der Waals surface area contributed by atoms with Gasteiger partial charge in [-0.1, -0.05) is 0 Å². The molecule has 214 valence electrons. The van der Waals surface area contributed by atoms with Crippen molar-refractivity contribution in [1.29, 1.82) is 0 Å². The normalized spacial score (nSPS) is 14.8. The maximum absolute atomic E-state index is 13.2. The van der Waals surface area contributed by atoms with Gasteiger partial charge in [-0.3, -0.25) is 5.32 Å². The predicted molar refractivity (Wildman–Crippen MR) is 157 cm³/mol. The van der Waals surface area contributed by atoms with Gasteiger partial charge in [0.2, 0.25) is 0 Å². The fourth-order valence-corrected chi connectivity index (χ4v) is 7.81. The lowest BCUT2D eigenvalue weighted by Crippen LogP contribution is -2.39. The van der Waals surface area contributed by atoms with Crippen LogP contribution in [0, 0.1) is 0 Å². The van der Waals surface area contributed by atoms with Crippen molar-refractivity contribution in [3.63, 3.8) is 0 Å². The van der Waals surface area contributed by atoms with Crippen LogP contribution in [0.4, 0.5) is 14.6 Å². The van der Waals surface area contributed by atoms with Gasteiger partial charge in [0, 0.05) is 40.8 Å². The van der Waals surface area contributed by atoms with Crippen molar-refractivity contribution in [2.24, 2.45) is 0 Å². The maximum atomic E-state index is 13.2. The van der Waals surface area contributed by atoms with Gasteiger partial charge in [0.25, 0.3) is 0 Å². The number of esters is 1. The number of aromatic nitrogens is 1. The third kappa shape index (κ3) is 6.05. The highest BCUT2D eigenvalue weighted by Crippen LogP contribution is 2.39. The lowest BCUT2D eigenvalue weighted by molar-refractivity contribution is 0.0226. The van der Waals surface area contributed by atoms with Gasteiger partial charge in [0.15, 0.2) is 0 Å². The van der Waals surface area contributed by atoms with E-state index in [0.29, 0.717) is 36.6 Å². The zero-order valence-corrected chi connectivity index (χ0v) is 25.1. The Morgan fingerprint density at radius 3 is 2.48 bits per heavy atom. The molecule has 4 heterocycles. The summed E-state index contributed by atoms with van der Waals surface area (Å²) < 4.78 is 13.0. The summed E-state index contributed by atoms with van der Waals surface area (Å²) in [4.78, 5) is 42.7. The molecule has 0 spiro atoms. The van der Waals surface area contributed by atoms with Crippen molar-refractivity contribution < 1.29 is 23.9 Å². The molecule has 11 heteroatoms. The smallest absolute Gasteiger partial charge is 0.410 e. The van der Waals surface area contributed by atoms with E-state index >= 15 is 0 Å². The van der Waals surface area contributed by atoms with E-state index in [2.05, 4.69) is 10.6 Å². The predicted octanol–water partition coefficient (Wildman–Crippen LogP) is 6.27. The van der Waals surface area contributed by atoms with Crippen molar-refractivity contribution in [2.75, 3.05) is 18.5 Å². The molecular weight excluding hydrogens is 548 g/mol. The van der Waals surface area contributed by atoms with Crippen molar-refractivity contribution in [3.8, 4) is 5.00 Å². The molecule has 0 bridgehead atoms. The molecule has 2 aliphatic rings. The topological polar surface area (TPSA) is 102 Å². The van der Waals surface area contributed by atoms with Crippen molar-refractivity contribution in [2.45, 2.75) is 78.5 Å². The van der Waals surface area contributed by atoms with Crippen LogP contribution < -0.4 is 10.6 Å². The van der Waals surface area contributed by atoms with Gasteiger partial charge in [0.05, 0.1) is 18.7 Å². The standard InChI is InChI=1S/C29H36N4O5S2/c1-5-37-26(34)23-19-10-6-7-11-21(19)39-24(23)31-27(35)30-16-20-18-12-15-33(28(36)38-29(2,3)4)17-22(18)40-25(20)32-13-8-9-14-32/h8-9,13-14H,5-7,10-12,15-17H2,1-4H3,(H2,30,31,35). The summed E-state index contributed by atoms with van der Waals surface area (Å²) in [6.07, 6.45) is 8.17. The lowest BCUT2D eigenvalue weighted by Gasteiger charge is -2.30. The Morgan fingerprint density at radius 2 is 1.75 bits per heavy atom. The Kier molecular flexibility index (Phi) is 8.23. The molecule has 1 aliphatic heterocycles. The van der Waals surface area contributed by atoms with Gasteiger partial charge in [-0.25, -0.2) is 14.4 Å². The molecule has 0 atom stereocenters. The number of aryl methyl sites for hydroxylation is 1. The minimum absolute atomic E-state index is 0.284. The van der Waals surface area contributed by atoms with Gasteiger partial charge in [-0.15, -0.1) is 22.7 Å². The number of hydrogen-bond donors (Lipinski definition) is 2. The molecule has 3 aromatic heterocycles. The summed E-state index contributed by atoms with van der Waals surface area (Å²) in [5.41, 5.74) is 3.15. The number of nitrogens with zero attached hydrogens (tertiary/aromatic N) is 2. The minimum Gasteiger partial charge on any atom is -0.462 e. The molecular formula is C29H36N4O5S2. The van der Waals surface area contributed by atoms with E-state index in [1.54, 1.807) is 23.2 Å². The molecule has 0 fully saturated rings. The number of hydrogen-bond acceptors (Lipinski definition) is 7. The van der Waals surface area contributed by atoms with E-state index in [0.717, 1.165) is 57.1 Å². The zero-order chi connectivity index (χ0) is 28.4. The Labute approximate surface area is 242 Å². The maximum Gasteiger partial charge on any atom is 0.410 e. The summed E-state index contributed by atoms with van der Waals surface area (Å²) in [6.45, 7) is 9.00. The molecule has 40 heavy (non-hydrogen) atoms. The van der Waals surface area contributed by atoms with Gasteiger partial charge >= 0.3 is 18.1 Å². The van der Waals surface area contributed by atoms with E-state index in [1.807, 2.05) is 49.9 Å². The first-order valence-corrected chi connectivity index (χ1v) is 15.4. The fourth-order valence-electron chi connectivity index (χ4n) is 5.19. The molecule has 9 nitrogen and oxygen atoms in total. The number of ether oxygens (including phenoxy) is 2. The second-order valence-electron chi connectivity index (χ2n) is 11.0. The Balaban J connectivity index is 1.34. The van der Waals surface area contributed by atoms with Crippen LogP contribution in [0.2, 0.25) is 0 Å². The summed E-state index contributed by atoms with van der Waals surface area (Å²) in [7, 11) is 0. The molecule has 0 unspecified atom stereocenters. The molecule has 3 amide bonds. The molecule has 3 aromatic rings. The van der Waals surface area contributed by atoms with E-state index < -0.39 is 5.60 Å². The molecule has 2 N–H and O–H groups in total. The Morgan fingerprint density at radius 1 is 1.00 bits per heavy atom. The molecule has 0 saturated carbocycles. The number of carbonyl (C=O) groups is 3. The van der Waals surface area contributed by atoms with Crippen LogP contribution in [-0.4, -0.2) is 46.3 Å². The van der Waals surface area contributed by atoms with Crippen molar-refractivity contribution in [3.05, 3.63) is 56.5 Å². The molecule has 1 aliphatic carbocycles. The zero-order valence-electron chi connectivity index (χ0n) is 23.4. The van der Waals surface area contributed by atoms with Crippen LogP contribution >= 0.6 is 22.7 Å². The highest BCUT2D eigenvalue weighted by molar-refractivity contribution is 7.17. The van der Waals surface area contributed by atoms with Gasteiger partial charge < -0.3 is 24.3 Å². The van der Waals surface area contributed by atoms with Crippen molar-refractivity contribution >= 4 is 45.8 Å². The lowest BCUT2D eigenvalue weighted by atomic mass is 9.95. The molecule has 0 radical (unpaired) electrons. The minimum atomic E-state index is -0.555. The van der Waals surface area contributed by atoms with E-state index in [4.69, 9.17) is 9.47 Å². The highest BCUT2D eigenvalue weighted by atomic mass is 32.1. The second-order valence-corrected chi connectivity index (χ2v) is 13.2. The monoisotopic (exact) mass is 584 g/mol. The van der Waals surface area contributed by atoms with Gasteiger partial charge in [-0.05, 0) is 83.1 Å². The average Bonchev–Trinajstić information content (AvgIpc) is 3.63. The van der Waals surface area contributed by atoms with Crippen molar-refractivity contribution in [1.82, 2.24) is 14.8 Å². The third-order valence-corrected chi connectivity index (χ3v) is 9.42. The third-order valence-electron chi connectivity index (χ3n) is 6.94. The average molecular weight is 585 g/mol. The number of anilines is 1. The number of nitrogens with one attached hydrogen (secondary N) is 2. The number of amides is 3. The molecule has 0 aromatic carbocycles. The van der Waals surface area contributed by atoms with Crippen LogP contribution in [0.15, 0.2) is 24.5 Å². The van der Waals surface area contributed by atoms with E-state index in [1.165, 1.54) is 11.3 Å². The van der Waals surface area contributed by atoms with E-state index in [-0.39, 0.29) is 24.7 Å². The summed E-state index contributed by atoms with van der Waals surface area (Å²) in [5, 5.41) is 7.53. The van der Waals surface area contributed by atoms with Gasteiger partial charge in [-0.2, -0.15) is 0 Å². The number of rotatable bonds is 6. The number of thiophene rings is 2. The molecule has 0 saturated heterocycles. The van der Waals surface area contributed by atoms with Gasteiger partial charge in [0.1, 0.15) is 15.6 Å².